The van der Waals surface area contributed by atoms with Gasteiger partial charge in [0.1, 0.15) is 0 Å². The highest BCUT2D eigenvalue weighted by molar-refractivity contribution is 7.89. The highest BCUT2D eigenvalue weighted by Crippen LogP contribution is 2.50. The molecule has 1 saturated heterocycles. The normalized spacial score (nSPS) is 18.6. The quantitative estimate of drug-likeness (QED) is 0.632. The van der Waals surface area contributed by atoms with Crippen molar-refractivity contribution in [2.75, 3.05) is 32.8 Å². The zero-order chi connectivity index (χ0) is 22.2. The molecule has 9 heteroatoms. The highest BCUT2D eigenvalue weighted by Gasteiger charge is 2.53. The van der Waals surface area contributed by atoms with Crippen molar-refractivity contribution in [3.63, 3.8) is 0 Å². The largest absolute Gasteiger partial charge is 0.460 e. The summed E-state index contributed by atoms with van der Waals surface area (Å²) in [6, 6.07) is 10.6. The molecular formula is C22H26N2O6S. The van der Waals surface area contributed by atoms with E-state index in [0.717, 1.165) is 24.0 Å². The van der Waals surface area contributed by atoms with E-state index in [1.807, 2.05) is 25.1 Å². The predicted molar refractivity (Wildman–Crippen MR) is 112 cm³/mol. The van der Waals surface area contributed by atoms with E-state index in [-0.39, 0.29) is 36.5 Å². The van der Waals surface area contributed by atoms with Crippen LogP contribution in [0.15, 0.2) is 45.9 Å². The van der Waals surface area contributed by atoms with Gasteiger partial charge in [0.2, 0.25) is 16.8 Å². The summed E-state index contributed by atoms with van der Waals surface area (Å²) < 4.78 is 37.2. The van der Waals surface area contributed by atoms with Crippen LogP contribution in [0.25, 0.3) is 0 Å². The number of carbonyl (C=O) groups is 2. The van der Waals surface area contributed by atoms with Crippen molar-refractivity contribution in [1.29, 1.82) is 0 Å². The van der Waals surface area contributed by atoms with Crippen molar-refractivity contribution in [2.45, 2.75) is 37.2 Å². The van der Waals surface area contributed by atoms with E-state index in [1.54, 1.807) is 11.8 Å². The van der Waals surface area contributed by atoms with Crippen LogP contribution in [-0.2, 0) is 25.0 Å². The highest BCUT2D eigenvalue weighted by atomic mass is 32.2. The maximum atomic E-state index is 13.2. The Balaban J connectivity index is 1.43. The minimum Gasteiger partial charge on any atom is -0.460 e. The van der Waals surface area contributed by atoms with E-state index < -0.39 is 21.4 Å². The van der Waals surface area contributed by atoms with Crippen LogP contribution in [0.1, 0.15) is 41.4 Å². The summed E-state index contributed by atoms with van der Waals surface area (Å²) in [5.74, 6) is -0.786. The average molecular weight is 447 g/mol. The first-order chi connectivity index (χ1) is 14.8. The molecule has 166 valence electrons. The van der Waals surface area contributed by atoms with Gasteiger partial charge in [0, 0.05) is 26.2 Å². The molecule has 1 saturated carbocycles. The molecule has 1 aliphatic heterocycles. The van der Waals surface area contributed by atoms with E-state index in [1.165, 1.54) is 16.4 Å². The molecule has 1 aromatic carbocycles. The molecule has 0 N–H and O–H groups in total. The van der Waals surface area contributed by atoms with E-state index in [2.05, 4.69) is 6.07 Å². The van der Waals surface area contributed by atoms with Crippen LogP contribution < -0.4 is 0 Å². The summed E-state index contributed by atoms with van der Waals surface area (Å²) in [4.78, 5) is 26.8. The Kier molecular flexibility index (Phi) is 5.65. The third-order valence-electron chi connectivity index (χ3n) is 5.91. The van der Waals surface area contributed by atoms with Gasteiger partial charge in [0.25, 0.3) is 10.0 Å². The van der Waals surface area contributed by atoms with Gasteiger partial charge < -0.3 is 14.1 Å². The van der Waals surface area contributed by atoms with Crippen molar-refractivity contribution in [1.82, 2.24) is 9.21 Å². The molecule has 4 rings (SSSR count). The van der Waals surface area contributed by atoms with Gasteiger partial charge in [-0.05, 0) is 44.4 Å². The standard InChI is InChI=1S/C22H26N2O6S/c1-3-29-20(25)18-7-8-19(30-18)31(27,28)24-13-11-23(12-14-24)21(26)22(9-10-22)17-6-4-5-16(2)15-17/h4-8,15H,3,9-14H2,1-2H3. The second-order valence-corrected chi connectivity index (χ2v) is 9.86. The molecule has 2 aliphatic rings. The smallest absolute Gasteiger partial charge is 0.374 e. The third kappa shape index (κ3) is 3.99. The molecule has 0 atom stereocenters. The van der Waals surface area contributed by atoms with Crippen molar-refractivity contribution in [3.8, 4) is 0 Å². The summed E-state index contributed by atoms with van der Waals surface area (Å²) in [6.45, 7) is 4.82. The molecule has 2 heterocycles. The van der Waals surface area contributed by atoms with Crippen LogP contribution in [0.5, 0.6) is 0 Å². The van der Waals surface area contributed by atoms with Crippen LogP contribution in [0, 0.1) is 6.92 Å². The number of furan rings is 1. The lowest BCUT2D eigenvalue weighted by Gasteiger charge is -2.35. The Morgan fingerprint density at radius 3 is 2.42 bits per heavy atom. The minimum atomic E-state index is -3.90. The molecule has 1 aliphatic carbocycles. The first-order valence-corrected chi connectivity index (χ1v) is 11.9. The molecule has 8 nitrogen and oxygen atoms in total. The third-order valence-corrected chi connectivity index (χ3v) is 7.68. The first-order valence-electron chi connectivity index (χ1n) is 10.4. The predicted octanol–water partition coefficient (Wildman–Crippen LogP) is 2.33. The summed E-state index contributed by atoms with van der Waals surface area (Å²) in [5, 5.41) is -0.297. The Morgan fingerprint density at radius 1 is 1.10 bits per heavy atom. The van der Waals surface area contributed by atoms with Crippen molar-refractivity contribution >= 4 is 21.9 Å². The fraction of sp³-hybridized carbons (Fsp3) is 0.455. The Morgan fingerprint density at radius 2 is 1.81 bits per heavy atom. The van der Waals surface area contributed by atoms with Crippen molar-refractivity contribution < 1.29 is 27.2 Å². The number of piperazine rings is 1. The van der Waals surface area contributed by atoms with Crippen molar-refractivity contribution in [2.24, 2.45) is 0 Å². The summed E-state index contributed by atoms with van der Waals surface area (Å²) in [7, 11) is -3.90. The molecule has 1 amide bonds. The van der Waals surface area contributed by atoms with Gasteiger partial charge in [0.05, 0.1) is 12.0 Å². The number of nitrogens with zero attached hydrogens (tertiary/aromatic N) is 2. The zero-order valence-electron chi connectivity index (χ0n) is 17.7. The van der Waals surface area contributed by atoms with E-state index >= 15 is 0 Å². The summed E-state index contributed by atoms with van der Waals surface area (Å²) >= 11 is 0. The molecule has 0 unspecified atom stereocenters. The monoisotopic (exact) mass is 446 g/mol. The van der Waals surface area contributed by atoms with Gasteiger partial charge in [-0.25, -0.2) is 13.2 Å². The van der Waals surface area contributed by atoms with Gasteiger partial charge in [-0.2, -0.15) is 4.31 Å². The molecule has 2 aromatic rings. The molecule has 0 spiro atoms. The number of sulfonamides is 1. The van der Waals surface area contributed by atoms with Crippen LogP contribution in [0.4, 0.5) is 0 Å². The number of ether oxygens (including phenoxy) is 1. The molecular weight excluding hydrogens is 420 g/mol. The van der Waals surface area contributed by atoms with Crippen LogP contribution in [-0.4, -0.2) is 62.3 Å². The zero-order valence-corrected chi connectivity index (χ0v) is 18.5. The Bertz CT molecular complexity index is 1090. The lowest BCUT2D eigenvalue weighted by Crippen LogP contribution is -2.52. The average Bonchev–Trinajstić information content (AvgIpc) is 3.41. The number of hydrogen-bond donors (Lipinski definition) is 0. The summed E-state index contributed by atoms with van der Waals surface area (Å²) in [6.07, 6.45) is 1.63. The van der Waals surface area contributed by atoms with Gasteiger partial charge in [-0.1, -0.05) is 29.8 Å². The fourth-order valence-electron chi connectivity index (χ4n) is 4.03. The van der Waals surface area contributed by atoms with Crippen LogP contribution >= 0.6 is 0 Å². The van der Waals surface area contributed by atoms with Crippen LogP contribution in [0.2, 0.25) is 0 Å². The van der Waals surface area contributed by atoms with E-state index in [9.17, 15) is 18.0 Å². The molecule has 31 heavy (non-hydrogen) atoms. The van der Waals surface area contributed by atoms with E-state index in [0.29, 0.717) is 13.1 Å². The minimum absolute atomic E-state index is 0.0674. The van der Waals surface area contributed by atoms with Crippen molar-refractivity contribution in [3.05, 3.63) is 53.3 Å². The van der Waals surface area contributed by atoms with Gasteiger partial charge in [0.15, 0.2) is 0 Å². The maximum absolute atomic E-state index is 13.2. The topological polar surface area (TPSA) is 97.1 Å². The second kappa shape index (κ2) is 8.12. The summed E-state index contributed by atoms with van der Waals surface area (Å²) in [5.41, 5.74) is 1.69. The Hall–Kier alpha value is -2.65. The molecule has 2 fully saturated rings. The maximum Gasteiger partial charge on any atom is 0.374 e. The number of hydrogen-bond acceptors (Lipinski definition) is 6. The fourth-order valence-corrected chi connectivity index (χ4v) is 5.36. The number of rotatable bonds is 6. The van der Waals surface area contributed by atoms with Gasteiger partial charge in [-0.3, -0.25) is 4.79 Å². The van der Waals surface area contributed by atoms with E-state index in [4.69, 9.17) is 9.15 Å². The SMILES string of the molecule is CCOC(=O)c1ccc(S(=O)(=O)N2CCN(C(=O)C3(c4cccc(C)c4)CC3)CC2)o1. The first kappa shape index (κ1) is 21.6. The van der Waals surface area contributed by atoms with Gasteiger partial charge in [-0.15, -0.1) is 0 Å². The van der Waals surface area contributed by atoms with Crippen LogP contribution in [0.3, 0.4) is 0 Å². The lowest BCUT2D eigenvalue weighted by atomic mass is 9.93. The molecule has 1 aromatic heterocycles. The number of esters is 1. The molecule has 0 radical (unpaired) electrons. The second-order valence-electron chi connectivity index (χ2n) is 7.99. The van der Waals surface area contributed by atoms with Gasteiger partial charge >= 0.3 is 5.97 Å². The Labute approximate surface area is 181 Å². The number of benzene rings is 1. The number of aryl methyl sites for hydroxylation is 1. The molecule has 0 bridgehead atoms. The lowest BCUT2D eigenvalue weighted by molar-refractivity contribution is -0.135. The number of amides is 1. The number of carbonyl (C=O) groups excluding carboxylic acids is 2.